The molecular formula is C15H11N3O3. The van der Waals surface area contributed by atoms with E-state index < -0.39 is 4.92 Å². The average Bonchev–Trinajstić information content (AvgIpc) is 2.89. The molecule has 3 aromatic rings. The van der Waals surface area contributed by atoms with Crippen LogP contribution < -0.4 is 0 Å². The molecule has 1 heterocycles. The van der Waals surface area contributed by atoms with Gasteiger partial charge in [-0.15, -0.1) is 0 Å². The van der Waals surface area contributed by atoms with E-state index in [4.69, 9.17) is 0 Å². The topological polar surface area (TPSA) is 91.5 Å². The molecule has 6 nitrogen and oxygen atoms in total. The molecule has 1 aromatic heterocycles. The van der Waals surface area contributed by atoms with Crippen molar-refractivity contribution in [2.75, 3.05) is 0 Å². The van der Waals surface area contributed by atoms with Gasteiger partial charge in [0.05, 0.1) is 11.0 Å². The number of nitrogens with zero attached hydrogens (tertiary/aromatic N) is 2. The molecule has 0 aliphatic rings. The van der Waals surface area contributed by atoms with Crippen molar-refractivity contribution in [3.05, 3.63) is 64.3 Å². The first-order valence-corrected chi connectivity index (χ1v) is 6.23. The maximum absolute atomic E-state index is 10.6. The monoisotopic (exact) mass is 281 g/mol. The molecule has 0 saturated heterocycles. The highest BCUT2D eigenvalue weighted by Gasteiger charge is 2.09. The first kappa shape index (κ1) is 12.9. The van der Waals surface area contributed by atoms with Crippen LogP contribution in [0.1, 0.15) is 5.56 Å². The highest BCUT2D eigenvalue weighted by molar-refractivity contribution is 5.99. The lowest BCUT2D eigenvalue weighted by molar-refractivity contribution is -0.384. The Kier molecular flexibility index (Phi) is 3.12. The summed E-state index contributed by atoms with van der Waals surface area (Å²) in [6.07, 6.45) is 3.43. The van der Waals surface area contributed by atoms with Crippen molar-refractivity contribution in [1.82, 2.24) is 4.98 Å². The van der Waals surface area contributed by atoms with Crippen LogP contribution >= 0.6 is 0 Å². The van der Waals surface area contributed by atoms with E-state index in [-0.39, 0.29) is 17.1 Å². The number of H-pyrrole nitrogens is 1. The van der Waals surface area contributed by atoms with Gasteiger partial charge in [0.1, 0.15) is 11.4 Å². The number of benzene rings is 2. The summed E-state index contributed by atoms with van der Waals surface area (Å²) >= 11 is 0. The fourth-order valence-corrected chi connectivity index (χ4v) is 2.07. The van der Waals surface area contributed by atoms with Gasteiger partial charge in [0.2, 0.25) is 0 Å². The van der Waals surface area contributed by atoms with Gasteiger partial charge in [0, 0.05) is 34.9 Å². The Morgan fingerprint density at radius 1 is 1.24 bits per heavy atom. The summed E-state index contributed by atoms with van der Waals surface area (Å²) in [7, 11) is 0. The number of para-hydroxylation sites is 1. The number of phenols is 1. The summed E-state index contributed by atoms with van der Waals surface area (Å²) in [4.78, 5) is 17.3. The molecule has 0 spiro atoms. The van der Waals surface area contributed by atoms with Crippen LogP contribution in [0.2, 0.25) is 0 Å². The van der Waals surface area contributed by atoms with Crippen molar-refractivity contribution in [1.29, 1.82) is 0 Å². The molecule has 6 heteroatoms. The van der Waals surface area contributed by atoms with E-state index in [0.29, 0.717) is 0 Å². The van der Waals surface area contributed by atoms with Crippen LogP contribution in [0.4, 0.5) is 11.4 Å². The predicted molar refractivity (Wildman–Crippen MR) is 80.3 cm³/mol. The number of rotatable bonds is 3. The smallest absolute Gasteiger partial charge is 0.273 e. The number of nitro benzene ring substituents is 1. The Bertz CT molecular complexity index is 852. The van der Waals surface area contributed by atoms with Gasteiger partial charge in [0.15, 0.2) is 0 Å². The number of hydrogen-bond acceptors (Lipinski definition) is 4. The molecule has 0 aliphatic heterocycles. The normalized spacial score (nSPS) is 11.2. The van der Waals surface area contributed by atoms with Gasteiger partial charge < -0.3 is 10.1 Å². The minimum absolute atomic E-state index is 0.168. The van der Waals surface area contributed by atoms with E-state index >= 15 is 0 Å². The maximum atomic E-state index is 10.6. The van der Waals surface area contributed by atoms with E-state index in [1.807, 2.05) is 30.5 Å². The van der Waals surface area contributed by atoms with Crippen molar-refractivity contribution in [2.45, 2.75) is 0 Å². The third-order valence-corrected chi connectivity index (χ3v) is 3.13. The number of non-ortho nitro benzene ring substituents is 1. The van der Waals surface area contributed by atoms with E-state index in [1.54, 1.807) is 6.21 Å². The van der Waals surface area contributed by atoms with Crippen LogP contribution in [0.15, 0.2) is 53.7 Å². The Labute approximate surface area is 119 Å². The number of hydrogen-bond donors (Lipinski definition) is 2. The molecular weight excluding hydrogens is 270 g/mol. The number of nitro groups is 1. The molecule has 2 N–H and O–H groups in total. The highest BCUT2D eigenvalue weighted by Crippen LogP contribution is 2.30. The second kappa shape index (κ2) is 5.09. The quantitative estimate of drug-likeness (QED) is 0.437. The van der Waals surface area contributed by atoms with Gasteiger partial charge in [-0.2, -0.15) is 0 Å². The summed E-state index contributed by atoms with van der Waals surface area (Å²) in [5.74, 6) is -0.222. The third kappa shape index (κ3) is 2.46. The summed E-state index contributed by atoms with van der Waals surface area (Å²) in [6, 6.07) is 11.6. The lowest BCUT2D eigenvalue weighted by atomic mass is 10.2. The molecule has 0 atom stereocenters. The molecule has 0 radical (unpaired) electrons. The van der Waals surface area contributed by atoms with Crippen molar-refractivity contribution in [3.8, 4) is 5.75 Å². The van der Waals surface area contributed by atoms with Crippen LogP contribution in [0, 0.1) is 10.1 Å². The summed E-state index contributed by atoms with van der Waals surface area (Å²) < 4.78 is 0. The van der Waals surface area contributed by atoms with E-state index in [0.717, 1.165) is 22.5 Å². The number of aromatic nitrogens is 1. The number of aromatic amines is 1. The minimum Gasteiger partial charge on any atom is -0.505 e. The van der Waals surface area contributed by atoms with Crippen LogP contribution in [0.25, 0.3) is 10.9 Å². The van der Waals surface area contributed by atoms with Gasteiger partial charge in [-0.05, 0) is 12.1 Å². The van der Waals surface area contributed by atoms with Crippen molar-refractivity contribution >= 4 is 28.5 Å². The van der Waals surface area contributed by atoms with E-state index in [2.05, 4.69) is 9.98 Å². The van der Waals surface area contributed by atoms with Gasteiger partial charge >= 0.3 is 0 Å². The zero-order chi connectivity index (χ0) is 14.8. The fourth-order valence-electron chi connectivity index (χ4n) is 2.07. The zero-order valence-corrected chi connectivity index (χ0v) is 10.9. The number of fused-ring (bicyclic) bond motifs is 1. The third-order valence-electron chi connectivity index (χ3n) is 3.13. The second-order valence-electron chi connectivity index (χ2n) is 4.48. The van der Waals surface area contributed by atoms with Crippen LogP contribution in [-0.4, -0.2) is 21.2 Å². The Morgan fingerprint density at radius 2 is 2.05 bits per heavy atom. The minimum atomic E-state index is -0.563. The van der Waals surface area contributed by atoms with Crippen LogP contribution in [0.3, 0.4) is 0 Å². The van der Waals surface area contributed by atoms with Gasteiger partial charge in [-0.25, -0.2) is 0 Å². The van der Waals surface area contributed by atoms with Crippen molar-refractivity contribution < 1.29 is 10.0 Å². The van der Waals surface area contributed by atoms with Crippen molar-refractivity contribution in [2.24, 2.45) is 4.99 Å². The van der Waals surface area contributed by atoms with Gasteiger partial charge in [0.25, 0.3) is 5.69 Å². The molecule has 2 aromatic carbocycles. The molecule has 0 bridgehead atoms. The average molecular weight is 281 g/mol. The molecule has 0 saturated carbocycles. The molecule has 3 rings (SSSR count). The maximum Gasteiger partial charge on any atom is 0.273 e. The molecule has 0 unspecified atom stereocenters. The number of aromatic hydroxyl groups is 1. The highest BCUT2D eigenvalue weighted by atomic mass is 16.6. The van der Waals surface area contributed by atoms with E-state index in [9.17, 15) is 15.2 Å². The molecule has 0 fully saturated rings. The van der Waals surface area contributed by atoms with Crippen molar-refractivity contribution in [3.63, 3.8) is 0 Å². The van der Waals surface area contributed by atoms with E-state index in [1.165, 1.54) is 12.1 Å². The first-order chi connectivity index (χ1) is 10.1. The molecule has 104 valence electrons. The Morgan fingerprint density at radius 3 is 2.81 bits per heavy atom. The number of nitrogens with one attached hydrogen (secondary N) is 1. The molecule has 21 heavy (non-hydrogen) atoms. The Hall–Kier alpha value is -3.15. The summed E-state index contributed by atoms with van der Waals surface area (Å²) in [6.45, 7) is 0. The lowest BCUT2D eigenvalue weighted by Gasteiger charge is -1.98. The van der Waals surface area contributed by atoms with Crippen LogP contribution in [0.5, 0.6) is 5.75 Å². The largest absolute Gasteiger partial charge is 0.505 e. The van der Waals surface area contributed by atoms with Gasteiger partial charge in [-0.3, -0.25) is 15.1 Å². The predicted octanol–water partition coefficient (Wildman–Crippen LogP) is 3.53. The first-order valence-electron chi connectivity index (χ1n) is 6.23. The summed E-state index contributed by atoms with van der Waals surface area (Å²) in [5.41, 5.74) is 1.99. The SMILES string of the molecule is O=[N+]([O-])c1ccc(N=Cc2c[nH]c3ccccc23)c(O)c1. The molecule has 0 aliphatic carbocycles. The number of aliphatic imine (C=N–C) groups is 1. The number of phenolic OH excluding ortho intramolecular Hbond substituents is 1. The summed E-state index contributed by atoms with van der Waals surface area (Å²) in [5, 5.41) is 21.4. The van der Waals surface area contributed by atoms with Crippen LogP contribution in [-0.2, 0) is 0 Å². The fraction of sp³-hybridized carbons (Fsp3) is 0. The molecule has 0 amide bonds. The lowest BCUT2D eigenvalue weighted by Crippen LogP contribution is -1.86. The Balaban J connectivity index is 1.94. The zero-order valence-electron chi connectivity index (χ0n) is 10.9. The standard InChI is InChI=1S/C15H11N3O3/c19-15-7-11(18(20)21)5-6-14(15)17-9-10-8-16-13-4-2-1-3-12(10)13/h1-9,16,19H. The second-order valence-corrected chi connectivity index (χ2v) is 4.48. The van der Waals surface area contributed by atoms with Gasteiger partial charge in [-0.1, -0.05) is 18.2 Å².